The number of thiocarbonyl (C=S) groups is 1. The fourth-order valence-corrected chi connectivity index (χ4v) is 3.83. The molecule has 0 aliphatic heterocycles. The van der Waals surface area contributed by atoms with Gasteiger partial charge >= 0.3 is 0 Å². The summed E-state index contributed by atoms with van der Waals surface area (Å²) in [5.74, 6) is 1.31. The summed E-state index contributed by atoms with van der Waals surface area (Å²) >= 11 is 11.3. The number of hydrogen-bond acceptors (Lipinski definition) is 7. The van der Waals surface area contributed by atoms with E-state index in [1.54, 1.807) is 30.3 Å². The number of benzene rings is 3. The normalized spacial score (nSPS) is 10.6. The number of fused-ring (bicyclic) bond motifs is 1. The number of carbonyl (C=O) groups excluding carboxylic acids is 1. The SMILES string of the molecule is COc1cc(C(=O)NC(=S)Nc2ccc(Cc3nc4cc(Cl)ccc4o3)cc2)cc(OC)c1OC. The quantitative estimate of drug-likeness (QED) is 0.326. The van der Waals surface area contributed by atoms with E-state index in [1.807, 2.05) is 24.3 Å². The number of ether oxygens (including phenoxy) is 3. The summed E-state index contributed by atoms with van der Waals surface area (Å²) in [4.78, 5) is 17.2. The number of carbonyl (C=O) groups is 1. The van der Waals surface area contributed by atoms with Crippen molar-refractivity contribution in [2.24, 2.45) is 0 Å². The van der Waals surface area contributed by atoms with Crippen molar-refractivity contribution in [3.8, 4) is 17.2 Å². The molecule has 8 nitrogen and oxygen atoms in total. The van der Waals surface area contributed by atoms with E-state index in [0.717, 1.165) is 11.1 Å². The second-order valence-corrected chi connectivity index (χ2v) is 8.26. The maximum absolute atomic E-state index is 12.7. The van der Waals surface area contributed by atoms with E-state index in [9.17, 15) is 4.79 Å². The highest BCUT2D eigenvalue weighted by Gasteiger charge is 2.18. The van der Waals surface area contributed by atoms with Crippen molar-refractivity contribution < 1.29 is 23.4 Å². The number of nitrogens with zero attached hydrogens (tertiary/aromatic N) is 1. The molecule has 180 valence electrons. The Morgan fingerprint density at radius 2 is 1.69 bits per heavy atom. The van der Waals surface area contributed by atoms with E-state index < -0.39 is 5.91 Å². The second-order valence-electron chi connectivity index (χ2n) is 7.42. The van der Waals surface area contributed by atoms with Crippen LogP contribution in [0.2, 0.25) is 5.02 Å². The number of methoxy groups -OCH3 is 3. The number of anilines is 1. The second kappa shape index (κ2) is 10.6. The minimum atomic E-state index is -0.422. The molecule has 3 aromatic carbocycles. The number of oxazole rings is 1. The number of aromatic nitrogens is 1. The monoisotopic (exact) mass is 511 g/mol. The van der Waals surface area contributed by atoms with Crippen LogP contribution in [0.1, 0.15) is 21.8 Å². The van der Waals surface area contributed by atoms with E-state index in [4.69, 9.17) is 42.4 Å². The molecule has 0 bridgehead atoms. The summed E-state index contributed by atoms with van der Waals surface area (Å²) < 4.78 is 21.7. The molecule has 10 heteroatoms. The van der Waals surface area contributed by atoms with Gasteiger partial charge in [0, 0.05) is 22.7 Å². The Kier molecular flexibility index (Phi) is 7.38. The minimum Gasteiger partial charge on any atom is -0.493 e. The maximum Gasteiger partial charge on any atom is 0.257 e. The topological polar surface area (TPSA) is 94.9 Å². The van der Waals surface area contributed by atoms with Gasteiger partial charge in [-0.05, 0) is 60.2 Å². The van der Waals surface area contributed by atoms with Crippen LogP contribution in [0.15, 0.2) is 59.0 Å². The molecule has 2 N–H and O–H groups in total. The standard InChI is InChI=1S/C25H22ClN3O5S/c1-31-20-11-15(12-21(32-2)23(20)33-3)24(30)29-25(35)27-17-7-4-14(5-8-17)10-22-28-18-13-16(26)6-9-19(18)34-22/h4-9,11-13H,10H2,1-3H3,(H2,27,29,30,35). The Balaban J connectivity index is 1.39. The lowest BCUT2D eigenvalue weighted by molar-refractivity contribution is 0.0977. The predicted octanol–water partition coefficient (Wildman–Crippen LogP) is 5.22. The fraction of sp³-hybridized carbons (Fsp3) is 0.160. The van der Waals surface area contributed by atoms with Gasteiger partial charge in [-0.2, -0.15) is 0 Å². The Bertz CT molecular complexity index is 1360. The smallest absolute Gasteiger partial charge is 0.257 e. The molecule has 35 heavy (non-hydrogen) atoms. The van der Waals surface area contributed by atoms with Crippen LogP contribution in [0.4, 0.5) is 5.69 Å². The van der Waals surface area contributed by atoms with Crippen molar-refractivity contribution in [1.29, 1.82) is 0 Å². The number of halogens is 1. The average molecular weight is 512 g/mol. The lowest BCUT2D eigenvalue weighted by Crippen LogP contribution is -2.34. The molecule has 0 radical (unpaired) electrons. The molecule has 4 rings (SSSR count). The van der Waals surface area contributed by atoms with E-state index in [0.29, 0.717) is 51.4 Å². The molecule has 0 fully saturated rings. The molecular weight excluding hydrogens is 490 g/mol. The Hall–Kier alpha value is -3.82. The molecule has 0 saturated carbocycles. The molecule has 0 aliphatic rings. The average Bonchev–Trinajstić information content (AvgIpc) is 3.25. The molecule has 4 aromatic rings. The first-order valence-electron chi connectivity index (χ1n) is 10.5. The van der Waals surface area contributed by atoms with E-state index in [2.05, 4.69) is 15.6 Å². The summed E-state index contributed by atoms with van der Waals surface area (Å²) in [6.07, 6.45) is 0.523. The molecule has 0 spiro atoms. The van der Waals surface area contributed by atoms with Crippen molar-refractivity contribution in [2.45, 2.75) is 6.42 Å². The van der Waals surface area contributed by atoms with Crippen LogP contribution in [0.25, 0.3) is 11.1 Å². The summed E-state index contributed by atoms with van der Waals surface area (Å²) in [7, 11) is 4.46. The Labute approximate surface area is 212 Å². The molecule has 1 heterocycles. The first kappa shape index (κ1) is 24.3. The van der Waals surface area contributed by atoms with Gasteiger partial charge in [0.15, 0.2) is 28.1 Å². The minimum absolute atomic E-state index is 0.146. The molecule has 1 amide bonds. The highest BCUT2D eigenvalue weighted by atomic mass is 35.5. The molecule has 0 saturated heterocycles. The number of rotatable bonds is 7. The van der Waals surface area contributed by atoms with Crippen LogP contribution in [-0.2, 0) is 6.42 Å². The lowest BCUT2D eigenvalue weighted by Gasteiger charge is -2.14. The van der Waals surface area contributed by atoms with E-state index in [-0.39, 0.29) is 5.11 Å². The van der Waals surface area contributed by atoms with Gasteiger partial charge in [-0.15, -0.1) is 0 Å². The van der Waals surface area contributed by atoms with Crippen molar-refractivity contribution in [3.05, 3.63) is 76.6 Å². The molecule has 0 unspecified atom stereocenters. The third kappa shape index (κ3) is 5.64. The highest BCUT2D eigenvalue weighted by molar-refractivity contribution is 7.80. The van der Waals surface area contributed by atoms with Crippen molar-refractivity contribution in [3.63, 3.8) is 0 Å². The predicted molar refractivity (Wildman–Crippen MR) is 138 cm³/mol. The van der Waals surface area contributed by atoms with Crippen molar-refractivity contribution >= 4 is 51.6 Å². The zero-order chi connectivity index (χ0) is 24.9. The van der Waals surface area contributed by atoms with Crippen LogP contribution in [-0.4, -0.2) is 37.3 Å². The molecule has 1 aromatic heterocycles. The third-order valence-electron chi connectivity index (χ3n) is 5.12. The maximum atomic E-state index is 12.7. The number of nitrogens with one attached hydrogen (secondary N) is 2. The van der Waals surface area contributed by atoms with E-state index in [1.165, 1.54) is 21.3 Å². The Morgan fingerprint density at radius 1 is 1.00 bits per heavy atom. The van der Waals surface area contributed by atoms with Gasteiger partial charge in [-0.3, -0.25) is 10.1 Å². The van der Waals surface area contributed by atoms with Gasteiger partial charge in [0.25, 0.3) is 5.91 Å². The van der Waals surface area contributed by atoms with Crippen LogP contribution in [0.3, 0.4) is 0 Å². The summed E-state index contributed by atoms with van der Waals surface area (Å²) in [5.41, 5.74) is 3.43. The lowest BCUT2D eigenvalue weighted by atomic mass is 10.1. The summed E-state index contributed by atoms with van der Waals surface area (Å²) in [6.45, 7) is 0. The first-order valence-corrected chi connectivity index (χ1v) is 11.2. The first-order chi connectivity index (χ1) is 16.9. The Morgan fingerprint density at radius 3 is 2.31 bits per heavy atom. The van der Waals surface area contributed by atoms with Crippen LogP contribution in [0.5, 0.6) is 17.2 Å². The fourth-order valence-electron chi connectivity index (χ4n) is 3.45. The number of amides is 1. The zero-order valence-corrected chi connectivity index (χ0v) is 20.8. The van der Waals surface area contributed by atoms with Gasteiger partial charge in [-0.25, -0.2) is 4.98 Å². The van der Waals surface area contributed by atoms with Gasteiger partial charge in [-0.1, -0.05) is 23.7 Å². The summed E-state index contributed by atoms with van der Waals surface area (Å²) in [6, 6.07) is 16.0. The van der Waals surface area contributed by atoms with Crippen molar-refractivity contribution in [1.82, 2.24) is 10.3 Å². The molecular formula is C25H22ClN3O5S. The zero-order valence-electron chi connectivity index (χ0n) is 19.2. The number of hydrogen-bond donors (Lipinski definition) is 2. The van der Waals surface area contributed by atoms with Crippen LogP contribution < -0.4 is 24.8 Å². The van der Waals surface area contributed by atoms with Gasteiger partial charge in [0.05, 0.1) is 21.3 Å². The van der Waals surface area contributed by atoms with Crippen LogP contribution in [0, 0.1) is 0 Å². The van der Waals surface area contributed by atoms with Crippen molar-refractivity contribution in [2.75, 3.05) is 26.6 Å². The van der Waals surface area contributed by atoms with E-state index >= 15 is 0 Å². The highest BCUT2D eigenvalue weighted by Crippen LogP contribution is 2.38. The van der Waals surface area contributed by atoms with Crippen LogP contribution >= 0.6 is 23.8 Å². The molecule has 0 atom stereocenters. The van der Waals surface area contributed by atoms with Gasteiger partial charge < -0.3 is 23.9 Å². The summed E-state index contributed by atoms with van der Waals surface area (Å²) in [5, 5.41) is 6.41. The largest absolute Gasteiger partial charge is 0.493 e. The molecule has 0 aliphatic carbocycles. The van der Waals surface area contributed by atoms with Gasteiger partial charge in [0.1, 0.15) is 5.52 Å². The van der Waals surface area contributed by atoms with Gasteiger partial charge in [0.2, 0.25) is 5.75 Å². The third-order valence-corrected chi connectivity index (χ3v) is 5.55.